The molecule has 5 heteroatoms. The molecule has 0 aliphatic rings. The van der Waals surface area contributed by atoms with E-state index in [0.717, 1.165) is 5.56 Å². The number of rotatable bonds is 4. The Kier molecular flexibility index (Phi) is 6.01. The van der Waals surface area contributed by atoms with E-state index in [9.17, 15) is 10.1 Å². The summed E-state index contributed by atoms with van der Waals surface area (Å²) in [4.78, 5) is 14.3. The second-order valence-corrected chi connectivity index (χ2v) is 6.46. The molecule has 0 radical (unpaired) electrons. The van der Waals surface area contributed by atoms with E-state index in [1.165, 1.54) is 0 Å². The third kappa shape index (κ3) is 4.78. The van der Waals surface area contributed by atoms with Crippen molar-refractivity contribution < 1.29 is 4.79 Å². The summed E-state index contributed by atoms with van der Waals surface area (Å²) in [5.41, 5.74) is 1.40. The van der Waals surface area contributed by atoms with Crippen molar-refractivity contribution in [2.45, 2.75) is 40.2 Å². The summed E-state index contributed by atoms with van der Waals surface area (Å²) in [6.45, 7) is 10.6. The van der Waals surface area contributed by atoms with Crippen LogP contribution in [0.5, 0.6) is 0 Å². The van der Waals surface area contributed by atoms with Gasteiger partial charge in [-0.05, 0) is 52.3 Å². The minimum absolute atomic E-state index is 0.0659. The molecule has 0 saturated carbocycles. The number of carbonyl (C=O) groups excluding carboxylic acids is 1. The molecule has 1 N–H and O–H groups in total. The first-order chi connectivity index (χ1) is 10.2. The Labute approximate surface area is 137 Å². The summed E-state index contributed by atoms with van der Waals surface area (Å²) in [5.74, 6) is -0.435. The highest BCUT2D eigenvalue weighted by atomic mass is 35.5. The average molecular weight is 320 g/mol. The van der Waals surface area contributed by atoms with Crippen LogP contribution < -0.4 is 5.32 Å². The molecule has 0 fully saturated rings. The fourth-order valence-corrected chi connectivity index (χ4v) is 2.14. The van der Waals surface area contributed by atoms with E-state index in [1.807, 2.05) is 51.7 Å². The first kappa shape index (κ1) is 18.1. The topological polar surface area (TPSA) is 56.1 Å². The molecule has 1 rings (SSSR count). The van der Waals surface area contributed by atoms with Crippen molar-refractivity contribution in [2.24, 2.45) is 0 Å². The van der Waals surface area contributed by atoms with E-state index in [0.29, 0.717) is 17.3 Å². The van der Waals surface area contributed by atoms with Crippen LogP contribution in [0.3, 0.4) is 0 Å². The highest BCUT2D eigenvalue weighted by Crippen LogP contribution is 2.21. The maximum absolute atomic E-state index is 12.3. The van der Waals surface area contributed by atoms with Gasteiger partial charge in [-0.2, -0.15) is 5.26 Å². The third-order valence-corrected chi connectivity index (χ3v) is 3.54. The van der Waals surface area contributed by atoms with Crippen LogP contribution in [0.1, 0.15) is 33.3 Å². The van der Waals surface area contributed by atoms with Gasteiger partial charge in [0.2, 0.25) is 0 Å². The zero-order valence-electron chi connectivity index (χ0n) is 13.7. The molecule has 4 nitrogen and oxygen atoms in total. The molecule has 0 spiro atoms. The molecule has 0 heterocycles. The van der Waals surface area contributed by atoms with Crippen LogP contribution >= 0.6 is 11.6 Å². The van der Waals surface area contributed by atoms with Crippen LogP contribution in [0.15, 0.2) is 30.0 Å². The number of benzene rings is 1. The molecule has 0 aliphatic heterocycles. The van der Waals surface area contributed by atoms with E-state index in [2.05, 4.69) is 5.32 Å². The van der Waals surface area contributed by atoms with Crippen LogP contribution in [0.25, 0.3) is 0 Å². The van der Waals surface area contributed by atoms with Crippen molar-refractivity contribution in [3.8, 4) is 6.07 Å². The third-order valence-electron chi connectivity index (χ3n) is 3.30. The van der Waals surface area contributed by atoms with Gasteiger partial charge >= 0.3 is 0 Å². The maximum atomic E-state index is 12.3. The van der Waals surface area contributed by atoms with Crippen molar-refractivity contribution >= 4 is 23.2 Å². The predicted octanol–water partition coefficient (Wildman–Crippen LogP) is 4.11. The van der Waals surface area contributed by atoms with Crippen molar-refractivity contribution in [1.29, 1.82) is 5.26 Å². The Hall–Kier alpha value is -1.99. The van der Waals surface area contributed by atoms with Gasteiger partial charge in [0, 0.05) is 29.0 Å². The summed E-state index contributed by atoms with van der Waals surface area (Å²) in [7, 11) is 0. The smallest absolute Gasteiger partial charge is 0.267 e. The summed E-state index contributed by atoms with van der Waals surface area (Å²) in [6.07, 6.45) is 1.61. The Morgan fingerprint density at radius 1 is 1.45 bits per heavy atom. The molecule has 1 amide bonds. The zero-order valence-corrected chi connectivity index (χ0v) is 14.5. The van der Waals surface area contributed by atoms with Crippen LogP contribution in [0, 0.1) is 18.3 Å². The number of nitrogens with zero attached hydrogens (tertiary/aromatic N) is 2. The molecule has 0 bridgehead atoms. The predicted molar refractivity (Wildman–Crippen MR) is 90.6 cm³/mol. The van der Waals surface area contributed by atoms with Gasteiger partial charge in [0.1, 0.15) is 11.6 Å². The van der Waals surface area contributed by atoms with Gasteiger partial charge in [-0.15, -0.1) is 0 Å². The minimum Gasteiger partial charge on any atom is -0.372 e. The normalized spacial score (nSPS) is 11.8. The van der Waals surface area contributed by atoms with Gasteiger partial charge in [-0.3, -0.25) is 4.79 Å². The monoisotopic (exact) mass is 319 g/mol. The van der Waals surface area contributed by atoms with Crippen molar-refractivity contribution in [2.75, 3.05) is 11.9 Å². The second kappa shape index (κ2) is 7.33. The SMILES string of the molecule is CCN(/C=C(/C#N)C(=O)Nc1cc(Cl)ccc1C)C(C)(C)C. The van der Waals surface area contributed by atoms with E-state index in [-0.39, 0.29) is 11.1 Å². The molecule has 0 unspecified atom stereocenters. The number of hydrogen-bond donors (Lipinski definition) is 1. The minimum atomic E-state index is -0.435. The maximum Gasteiger partial charge on any atom is 0.267 e. The lowest BCUT2D eigenvalue weighted by Gasteiger charge is -2.33. The second-order valence-electron chi connectivity index (χ2n) is 6.02. The lowest BCUT2D eigenvalue weighted by Crippen LogP contribution is -2.37. The van der Waals surface area contributed by atoms with Crippen molar-refractivity contribution in [3.63, 3.8) is 0 Å². The molecule has 0 saturated heterocycles. The number of nitriles is 1. The van der Waals surface area contributed by atoms with Gasteiger partial charge in [0.15, 0.2) is 0 Å². The van der Waals surface area contributed by atoms with E-state index in [4.69, 9.17) is 11.6 Å². The highest BCUT2D eigenvalue weighted by molar-refractivity contribution is 6.31. The molecule has 0 aliphatic carbocycles. The molecule has 22 heavy (non-hydrogen) atoms. The van der Waals surface area contributed by atoms with Crippen LogP contribution in [-0.2, 0) is 4.79 Å². The number of aryl methyl sites for hydroxylation is 1. The zero-order chi connectivity index (χ0) is 16.9. The molecule has 1 aromatic carbocycles. The largest absolute Gasteiger partial charge is 0.372 e. The standard InChI is InChI=1S/C17H22ClN3O/c1-6-21(17(3,4)5)11-13(10-19)16(22)20-15-9-14(18)8-7-12(15)2/h7-9,11H,6H2,1-5H3,(H,20,22)/b13-11-. The lowest BCUT2D eigenvalue weighted by atomic mass is 10.1. The summed E-state index contributed by atoms with van der Waals surface area (Å²) < 4.78 is 0. The number of hydrogen-bond acceptors (Lipinski definition) is 3. The van der Waals surface area contributed by atoms with Gasteiger partial charge in [0.25, 0.3) is 5.91 Å². The van der Waals surface area contributed by atoms with Crippen LogP contribution in [0.2, 0.25) is 5.02 Å². The van der Waals surface area contributed by atoms with Crippen LogP contribution in [0.4, 0.5) is 5.69 Å². The molecular formula is C17H22ClN3O. The molecule has 1 aromatic rings. The number of carbonyl (C=O) groups is 1. The van der Waals surface area contributed by atoms with Crippen molar-refractivity contribution in [3.05, 3.63) is 40.6 Å². The van der Waals surface area contributed by atoms with Gasteiger partial charge in [-0.1, -0.05) is 17.7 Å². The Bertz CT molecular complexity index is 624. The summed E-state index contributed by atoms with van der Waals surface area (Å²) in [5, 5.41) is 12.6. The Morgan fingerprint density at radius 3 is 2.59 bits per heavy atom. The molecular weight excluding hydrogens is 298 g/mol. The number of amides is 1. The highest BCUT2D eigenvalue weighted by Gasteiger charge is 2.19. The first-order valence-electron chi connectivity index (χ1n) is 7.15. The fourth-order valence-electron chi connectivity index (χ4n) is 1.97. The molecule has 118 valence electrons. The number of nitrogens with one attached hydrogen (secondary N) is 1. The van der Waals surface area contributed by atoms with E-state index in [1.54, 1.807) is 18.3 Å². The molecule has 0 atom stereocenters. The van der Waals surface area contributed by atoms with Gasteiger partial charge in [0.05, 0.1) is 0 Å². The van der Waals surface area contributed by atoms with E-state index >= 15 is 0 Å². The Morgan fingerprint density at radius 2 is 2.09 bits per heavy atom. The quantitative estimate of drug-likeness (QED) is 0.671. The molecule has 0 aromatic heterocycles. The summed E-state index contributed by atoms with van der Waals surface area (Å²) in [6, 6.07) is 7.22. The van der Waals surface area contributed by atoms with Gasteiger partial charge in [-0.25, -0.2) is 0 Å². The van der Waals surface area contributed by atoms with Gasteiger partial charge < -0.3 is 10.2 Å². The lowest BCUT2D eigenvalue weighted by molar-refractivity contribution is -0.112. The summed E-state index contributed by atoms with van der Waals surface area (Å²) >= 11 is 5.94. The average Bonchev–Trinajstić information content (AvgIpc) is 2.42. The number of anilines is 1. The van der Waals surface area contributed by atoms with Crippen molar-refractivity contribution in [1.82, 2.24) is 4.90 Å². The van der Waals surface area contributed by atoms with Crippen LogP contribution in [-0.4, -0.2) is 22.9 Å². The fraction of sp³-hybridized carbons (Fsp3) is 0.412. The first-order valence-corrected chi connectivity index (χ1v) is 7.53. The number of halogens is 1. The van der Waals surface area contributed by atoms with E-state index < -0.39 is 5.91 Å². The Balaban J connectivity index is 3.03.